The highest BCUT2D eigenvalue weighted by molar-refractivity contribution is 7.93. The molecular weight excluding hydrogens is 224 g/mol. The van der Waals surface area contributed by atoms with Crippen LogP contribution < -0.4 is 4.72 Å². The highest BCUT2D eigenvalue weighted by atomic mass is 35.5. The van der Waals surface area contributed by atoms with Crippen molar-refractivity contribution in [2.45, 2.75) is 19.1 Å². The van der Waals surface area contributed by atoms with Gasteiger partial charge in [0.15, 0.2) is 0 Å². The SMILES string of the molecule is CC(C)S(=O)(=O)Nc1cc(Cl)ccn1. The molecule has 0 radical (unpaired) electrons. The van der Waals surface area contributed by atoms with Gasteiger partial charge in [0, 0.05) is 17.3 Å². The zero-order chi connectivity index (χ0) is 10.8. The maximum absolute atomic E-state index is 11.4. The molecule has 0 spiro atoms. The lowest BCUT2D eigenvalue weighted by Gasteiger charge is -2.09. The Bertz CT molecular complexity index is 417. The van der Waals surface area contributed by atoms with Crippen molar-refractivity contribution in [3.8, 4) is 0 Å². The van der Waals surface area contributed by atoms with Gasteiger partial charge in [0.2, 0.25) is 10.0 Å². The normalized spacial score (nSPS) is 11.7. The topological polar surface area (TPSA) is 59.1 Å². The van der Waals surface area contributed by atoms with E-state index in [1.165, 1.54) is 12.3 Å². The van der Waals surface area contributed by atoms with Gasteiger partial charge in [0.1, 0.15) is 5.82 Å². The van der Waals surface area contributed by atoms with Crippen LogP contribution in [0.1, 0.15) is 13.8 Å². The Morgan fingerprint density at radius 3 is 2.64 bits per heavy atom. The molecular formula is C8H11ClN2O2S. The minimum absolute atomic E-state index is 0.242. The van der Waals surface area contributed by atoms with Crippen LogP contribution in [0, 0.1) is 0 Å². The maximum Gasteiger partial charge on any atom is 0.236 e. The van der Waals surface area contributed by atoms with Crippen LogP contribution in [0.15, 0.2) is 18.3 Å². The van der Waals surface area contributed by atoms with Gasteiger partial charge in [-0.25, -0.2) is 13.4 Å². The number of hydrogen-bond donors (Lipinski definition) is 1. The minimum Gasteiger partial charge on any atom is -0.267 e. The fourth-order valence-corrected chi connectivity index (χ4v) is 1.52. The first-order chi connectivity index (χ1) is 6.42. The Balaban J connectivity index is 2.90. The predicted octanol–water partition coefficient (Wildman–Crippen LogP) is 1.89. The largest absolute Gasteiger partial charge is 0.267 e. The van der Waals surface area contributed by atoms with Crippen molar-refractivity contribution in [3.63, 3.8) is 0 Å². The molecule has 0 atom stereocenters. The van der Waals surface area contributed by atoms with Crippen LogP contribution in [0.5, 0.6) is 0 Å². The van der Waals surface area contributed by atoms with Crippen LogP contribution in [-0.4, -0.2) is 18.7 Å². The predicted molar refractivity (Wildman–Crippen MR) is 56.9 cm³/mol. The number of nitrogens with one attached hydrogen (secondary N) is 1. The van der Waals surface area contributed by atoms with Crippen molar-refractivity contribution in [2.24, 2.45) is 0 Å². The summed E-state index contributed by atoms with van der Waals surface area (Å²) in [5, 5.41) is -0.0512. The van der Waals surface area contributed by atoms with Crippen molar-refractivity contribution in [3.05, 3.63) is 23.4 Å². The number of anilines is 1. The van der Waals surface area contributed by atoms with Gasteiger partial charge >= 0.3 is 0 Å². The van der Waals surface area contributed by atoms with E-state index in [1.807, 2.05) is 0 Å². The molecule has 6 heteroatoms. The standard InChI is InChI=1S/C8H11ClN2O2S/c1-6(2)14(12,13)11-8-5-7(9)3-4-10-8/h3-6H,1-2H3,(H,10,11). The van der Waals surface area contributed by atoms with E-state index in [1.54, 1.807) is 19.9 Å². The lowest BCUT2D eigenvalue weighted by atomic mass is 10.5. The summed E-state index contributed by atoms with van der Waals surface area (Å²) in [5.41, 5.74) is 0. The Morgan fingerprint density at radius 2 is 2.14 bits per heavy atom. The van der Waals surface area contributed by atoms with Crippen LogP contribution in [0.25, 0.3) is 0 Å². The fraction of sp³-hybridized carbons (Fsp3) is 0.375. The molecule has 0 saturated carbocycles. The highest BCUT2D eigenvalue weighted by Crippen LogP contribution is 2.14. The third kappa shape index (κ3) is 2.85. The Hall–Kier alpha value is -0.810. The summed E-state index contributed by atoms with van der Waals surface area (Å²) in [6.45, 7) is 3.18. The van der Waals surface area contributed by atoms with E-state index in [9.17, 15) is 8.42 Å². The summed E-state index contributed by atoms with van der Waals surface area (Å²) in [6, 6.07) is 3.04. The zero-order valence-corrected chi connectivity index (χ0v) is 9.43. The van der Waals surface area contributed by atoms with Crippen molar-refractivity contribution in [1.82, 2.24) is 4.98 Å². The highest BCUT2D eigenvalue weighted by Gasteiger charge is 2.15. The van der Waals surface area contributed by atoms with Crippen LogP contribution in [0.3, 0.4) is 0 Å². The average molecular weight is 235 g/mol. The van der Waals surface area contributed by atoms with Gasteiger partial charge in [-0.2, -0.15) is 0 Å². The molecule has 14 heavy (non-hydrogen) atoms. The summed E-state index contributed by atoms with van der Waals surface area (Å²) in [4.78, 5) is 3.83. The van der Waals surface area contributed by atoms with Gasteiger partial charge in [-0.15, -0.1) is 0 Å². The van der Waals surface area contributed by atoms with Crippen molar-refractivity contribution < 1.29 is 8.42 Å². The summed E-state index contributed by atoms with van der Waals surface area (Å²) in [5.74, 6) is 0.242. The molecule has 1 N–H and O–H groups in total. The van der Waals surface area contributed by atoms with E-state index in [0.717, 1.165) is 0 Å². The first-order valence-electron chi connectivity index (χ1n) is 4.05. The molecule has 0 aliphatic carbocycles. The minimum atomic E-state index is -3.34. The first-order valence-corrected chi connectivity index (χ1v) is 5.97. The van der Waals surface area contributed by atoms with E-state index in [0.29, 0.717) is 5.02 Å². The van der Waals surface area contributed by atoms with Gasteiger partial charge in [-0.05, 0) is 19.9 Å². The summed E-state index contributed by atoms with van der Waals surface area (Å²) < 4.78 is 25.2. The second-order valence-corrected chi connectivity index (χ2v) is 5.73. The quantitative estimate of drug-likeness (QED) is 0.869. The molecule has 78 valence electrons. The molecule has 1 heterocycles. The zero-order valence-electron chi connectivity index (χ0n) is 7.86. The molecule has 1 aromatic rings. The number of sulfonamides is 1. The third-order valence-corrected chi connectivity index (χ3v) is 3.56. The molecule has 1 rings (SSSR count). The lowest BCUT2D eigenvalue weighted by Crippen LogP contribution is -2.22. The first kappa shape index (κ1) is 11.3. The van der Waals surface area contributed by atoms with Gasteiger partial charge in [-0.3, -0.25) is 4.72 Å². The molecule has 4 nitrogen and oxygen atoms in total. The summed E-state index contributed by atoms with van der Waals surface area (Å²) in [7, 11) is -3.34. The van der Waals surface area contributed by atoms with Crippen LogP contribution in [-0.2, 0) is 10.0 Å². The molecule has 0 unspecified atom stereocenters. The van der Waals surface area contributed by atoms with Crippen molar-refractivity contribution >= 4 is 27.4 Å². The van der Waals surface area contributed by atoms with E-state index in [2.05, 4.69) is 9.71 Å². The molecule has 0 amide bonds. The third-order valence-electron chi connectivity index (χ3n) is 1.59. The van der Waals surface area contributed by atoms with Gasteiger partial charge in [0.25, 0.3) is 0 Å². The molecule has 1 aromatic heterocycles. The molecule has 0 aliphatic rings. The number of rotatable bonds is 3. The molecule has 0 fully saturated rings. The lowest BCUT2D eigenvalue weighted by molar-refractivity contribution is 0.592. The van der Waals surface area contributed by atoms with Crippen LogP contribution in [0.2, 0.25) is 5.02 Å². The smallest absolute Gasteiger partial charge is 0.236 e. The maximum atomic E-state index is 11.4. The summed E-state index contributed by atoms with van der Waals surface area (Å²) in [6.07, 6.45) is 1.44. The molecule has 0 bridgehead atoms. The number of nitrogens with zero attached hydrogens (tertiary/aromatic N) is 1. The van der Waals surface area contributed by atoms with Gasteiger partial charge in [0.05, 0.1) is 5.25 Å². The van der Waals surface area contributed by atoms with E-state index in [-0.39, 0.29) is 5.82 Å². The Morgan fingerprint density at radius 1 is 1.50 bits per heavy atom. The van der Waals surface area contributed by atoms with E-state index in [4.69, 9.17) is 11.6 Å². The van der Waals surface area contributed by atoms with Gasteiger partial charge in [-0.1, -0.05) is 11.6 Å². The number of hydrogen-bond acceptors (Lipinski definition) is 3. The Labute approximate surface area is 88.4 Å². The fourth-order valence-electron chi connectivity index (χ4n) is 0.724. The second-order valence-electron chi connectivity index (χ2n) is 3.06. The number of pyridine rings is 1. The van der Waals surface area contributed by atoms with Crippen molar-refractivity contribution in [2.75, 3.05) is 4.72 Å². The molecule has 0 saturated heterocycles. The van der Waals surface area contributed by atoms with E-state index < -0.39 is 15.3 Å². The molecule has 0 aliphatic heterocycles. The van der Waals surface area contributed by atoms with Crippen LogP contribution in [0.4, 0.5) is 5.82 Å². The monoisotopic (exact) mass is 234 g/mol. The number of aromatic nitrogens is 1. The van der Waals surface area contributed by atoms with Gasteiger partial charge < -0.3 is 0 Å². The van der Waals surface area contributed by atoms with E-state index >= 15 is 0 Å². The second kappa shape index (κ2) is 4.14. The van der Waals surface area contributed by atoms with Crippen molar-refractivity contribution in [1.29, 1.82) is 0 Å². The van der Waals surface area contributed by atoms with Crippen LogP contribution >= 0.6 is 11.6 Å². The molecule has 0 aromatic carbocycles. The number of halogens is 1. The average Bonchev–Trinajstić information content (AvgIpc) is 2.02. The Kier molecular flexibility index (Phi) is 3.34. The summed E-state index contributed by atoms with van der Waals surface area (Å²) >= 11 is 5.68.